The van der Waals surface area contributed by atoms with Crippen LogP contribution in [0.3, 0.4) is 0 Å². The highest BCUT2D eigenvalue weighted by Gasteiger charge is 2.23. The fraction of sp³-hybridized carbons (Fsp3) is 0.467. The Balaban J connectivity index is 3.07. The van der Waals surface area contributed by atoms with E-state index in [2.05, 4.69) is 16.8 Å². The van der Waals surface area contributed by atoms with Gasteiger partial charge in [-0.1, -0.05) is 11.8 Å². The Kier molecular flexibility index (Phi) is 5.68. The molecule has 5 nitrogen and oxygen atoms in total. The third-order valence-corrected chi connectivity index (χ3v) is 2.60. The summed E-state index contributed by atoms with van der Waals surface area (Å²) in [6.07, 6.45) is 3.02. The number of hydrogen-bond acceptors (Lipinski definition) is 4. The van der Waals surface area contributed by atoms with Gasteiger partial charge in [-0.25, -0.2) is 0 Å². The molecule has 0 fully saturated rings. The number of aliphatic hydroxyl groups is 2. The molecule has 0 saturated heterocycles. The second-order valence-corrected chi connectivity index (χ2v) is 5.01. The number of aromatic nitrogens is 1. The van der Waals surface area contributed by atoms with Gasteiger partial charge in [0.1, 0.15) is 6.61 Å². The van der Waals surface area contributed by atoms with Crippen molar-refractivity contribution in [3.05, 3.63) is 29.6 Å². The van der Waals surface area contributed by atoms with Crippen molar-refractivity contribution < 1.29 is 15.0 Å². The molecule has 1 heterocycles. The number of carbonyl (C=O) groups is 1. The minimum atomic E-state index is -0.963. The molecule has 108 valence electrons. The zero-order chi connectivity index (χ0) is 15.2. The third kappa shape index (κ3) is 4.65. The Bertz CT molecular complexity index is 524. The number of rotatable bonds is 4. The van der Waals surface area contributed by atoms with Crippen LogP contribution in [-0.4, -0.2) is 51.3 Å². The van der Waals surface area contributed by atoms with Crippen LogP contribution in [0, 0.1) is 11.8 Å². The summed E-state index contributed by atoms with van der Waals surface area (Å²) >= 11 is 0. The van der Waals surface area contributed by atoms with Crippen molar-refractivity contribution in [1.82, 2.24) is 9.88 Å². The van der Waals surface area contributed by atoms with E-state index in [-0.39, 0.29) is 19.1 Å². The zero-order valence-electron chi connectivity index (χ0n) is 12.1. The Morgan fingerprint density at radius 3 is 2.75 bits per heavy atom. The van der Waals surface area contributed by atoms with E-state index in [9.17, 15) is 9.90 Å². The molecule has 0 atom stereocenters. The first-order chi connectivity index (χ1) is 9.39. The molecule has 1 amide bonds. The largest absolute Gasteiger partial charge is 0.389 e. The highest BCUT2D eigenvalue weighted by Crippen LogP contribution is 2.12. The van der Waals surface area contributed by atoms with Gasteiger partial charge in [0.05, 0.1) is 16.7 Å². The summed E-state index contributed by atoms with van der Waals surface area (Å²) in [4.78, 5) is 18.0. The Hall–Kier alpha value is -1.90. The van der Waals surface area contributed by atoms with Crippen LogP contribution in [0.1, 0.15) is 36.7 Å². The first-order valence-corrected chi connectivity index (χ1v) is 6.44. The van der Waals surface area contributed by atoms with E-state index in [4.69, 9.17) is 5.11 Å². The minimum Gasteiger partial charge on any atom is -0.389 e. The lowest BCUT2D eigenvalue weighted by Gasteiger charge is -2.28. The van der Waals surface area contributed by atoms with Crippen LogP contribution in [0.5, 0.6) is 0 Å². The SMILES string of the molecule is CCN(CC(C)(C)O)C(=O)c1ccncc1C#CCO. The van der Waals surface area contributed by atoms with E-state index >= 15 is 0 Å². The average Bonchev–Trinajstić information content (AvgIpc) is 2.41. The van der Waals surface area contributed by atoms with Crippen LogP contribution >= 0.6 is 0 Å². The summed E-state index contributed by atoms with van der Waals surface area (Å²) in [6, 6.07) is 1.59. The predicted molar refractivity (Wildman–Crippen MR) is 76.1 cm³/mol. The molecule has 0 radical (unpaired) electrons. The maximum absolute atomic E-state index is 12.5. The Morgan fingerprint density at radius 2 is 2.20 bits per heavy atom. The van der Waals surface area contributed by atoms with E-state index < -0.39 is 5.60 Å². The predicted octanol–water partition coefficient (Wildman–Crippen LogP) is 0.658. The second-order valence-electron chi connectivity index (χ2n) is 5.01. The topological polar surface area (TPSA) is 73.7 Å². The highest BCUT2D eigenvalue weighted by molar-refractivity contribution is 5.96. The molecule has 1 rings (SSSR count). The average molecular weight is 276 g/mol. The summed E-state index contributed by atoms with van der Waals surface area (Å²) in [7, 11) is 0. The van der Waals surface area contributed by atoms with Gasteiger partial charge in [-0.3, -0.25) is 9.78 Å². The standard InChI is InChI=1S/C15H20N2O3/c1-4-17(11-15(2,3)20)14(19)13-7-8-16-10-12(13)6-5-9-18/h7-8,10,18,20H,4,9,11H2,1-3H3. The quantitative estimate of drug-likeness (QED) is 0.792. The van der Waals surface area contributed by atoms with Crippen molar-refractivity contribution in [2.45, 2.75) is 26.4 Å². The fourth-order valence-electron chi connectivity index (χ4n) is 1.78. The smallest absolute Gasteiger partial charge is 0.255 e. The first-order valence-electron chi connectivity index (χ1n) is 6.44. The minimum absolute atomic E-state index is 0.209. The van der Waals surface area contributed by atoms with Gasteiger partial charge in [0.2, 0.25) is 0 Å². The van der Waals surface area contributed by atoms with Crippen LogP contribution in [0.15, 0.2) is 18.5 Å². The van der Waals surface area contributed by atoms with Crippen LogP contribution in [0.25, 0.3) is 0 Å². The van der Waals surface area contributed by atoms with Crippen molar-refractivity contribution in [2.24, 2.45) is 0 Å². The number of hydrogen-bond donors (Lipinski definition) is 2. The lowest BCUT2D eigenvalue weighted by atomic mass is 10.1. The number of likely N-dealkylation sites (N-methyl/N-ethyl adjacent to an activating group) is 1. The molecule has 5 heteroatoms. The number of nitrogens with zero attached hydrogens (tertiary/aromatic N) is 2. The van der Waals surface area contributed by atoms with Gasteiger partial charge in [0.15, 0.2) is 0 Å². The van der Waals surface area contributed by atoms with E-state index in [1.165, 1.54) is 12.4 Å². The Morgan fingerprint density at radius 1 is 1.50 bits per heavy atom. The van der Waals surface area contributed by atoms with Gasteiger partial charge in [0, 0.05) is 25.5 Å². The number of amides is 1. The van der Waals surface area contributed by atoms with Crippen molar-refractivity contribution >= 4 is 5.91 Å². The molecular weight excluding hydrogens is 256 g/mol. The molecule has 0 aliphatic carbocycles. The van der Waals surface area contributed by atoms with Gasteiger partial charge in [0.25, 0.3) is 5.91 Å². The number of aliphatic hydroxyl groups excluding tert-OH is 1. The molecule has 20 heavy (non-hydrogen) atoms. The van der Waals surface area contributed by atoms with Crippen LogP contribution in [0.4, 0.5) is 0 Å². The first kappa shape index (κ1) is 16.2. The summed E-state index contributed by atoms with van der Waals surface area (Å²) in [6.45, 7) is 5.60. The van der Waals surface area contributed by atoms with Crippen molar-refractivity contribution in [1.29, 1.82) is 0 Å². The molecule has 0 aromatic carbocycles. The summed E-state index contributed by atoms with van der Waals surface area (Å²) in [5.41, 5.74) is -0.0666. The summed E-state index contributed by atoms with van der Waals surface area (Å²) in [5.74, 6) is 5.01. The molecule has 1 aromatic heterocycles. The highest BCUT2D eigenvalue weighted by atomic mass is 16.3. The number of carbonyl (C=O) groups excluding carboxylic acids is 1. The molecule has 2 N–H and O–H groups in total. The lowest BCUT2D eigenvalue weighted by Crippen LogP contribution is -2.42. The van der Waals surface area contributed by atoms with Crippen molar-refractivity contribution in [3.8, 4) is 11.8 Å². The molecule has 1 aromatic rings. The zero-order valence-corrected chi connectivity index (χ0v) is 12.1. The monoisotopic (exact) mass is 276 g/mol. The molecular formula is C15H20N2O3. The van der Waals surface area contributed by atoms with E-state index in [0.29, 0.717) is 17.7 Å². The molecule has 0 spiro atoms. The van der Waals surface area contributed by atoms with Gasteiger partial charge in [-0.2, -0.15) is 0 Å². The molecule has 0 bridgehead atoms. The van der Waals surface area contributed by atoms with E-state index in [0.717, 1.165) is 0 Å². The van der Waals surface area contributed by atoms with E-state index in [1.807, 2.05) is 6.92 Å². The summed E-state index contributed by atoms with van der Waals surface area (Å²) < 4.78 is 0. The normalized spacial score (nSPS) is 10.7. The van der Waals surface area contributed by atoms with Gasteiger partial charge in [-0.05, 0) is 26.8 Å². The summed E-state index contributed by atoms with van der Waals surface area (Å²) in [5, 5.41) is 18.6. The van der Waals surface area contributed by atoms with Crippen LogP contribution in [0.2, 0.25) is 0 Å². The van der Waals surface area contributed by atoms with Crippen molar-refractivity contribution in [2.75, 3.05) is 19.7 Å². The van der Waals surface area contributed by atoms with Gasteiger partial charge >= 0.3 is 0 Å². The lowest BCUT2D eigenvalue weighted by molar-refractivity contribution is 0.0314. The van der Waals surface area contributed by atoms with Crippen LogP contribution in [-0.2, 0) is 0 Å². The third-order valence-electron chi connectivity index (χ3n) is 2.60. The molecule has 0 saturated carbocycles. The fourth-order valence-corrected chi connectivity index (χ4v) is 1.78. The Labute approximate surface area is 119 Å². The molecule has 0 aliphatic rings. The maximum atomic E-state index is 12.5. The maximum Gasteiger partial charge on any atom is 0.255 e. The van der Waals surface area contributed by atoms with Crippen molar-refractivity contribution in [3.63, 3.8) is 0 Å². The molecule has 0 aliphatic heterocycles. The van der Waals surface area contributed by atoms with Crippen LogP contribution < -0.4 is 0 Å². The number of pyridine rings is 1. The van der Waals surface area contributed by atoms with E-state index in [1.54, 1.807) is 24.8 Å². The van der Waals surface area contributed by atoms with Gasteiger partial charge < -0.3 is 15.1 Å². The second kappa shape index (κ2) is 7.04. The van der Waals surface area contributed by atoms with Gasteiger partial charge in [-0.15, -0.1) is 0 Å². The molecule has 0 unspecified atom stereocenters.